The molecule has 5 aliphatic heterocycles. The first-order chi connectivity index (χ1) is 28.7. The van der Waals surface area contributed by atoms with Crippen molar-refractivity contribution in [2.24, 2.45) is 5.92 Å². The molecular weight excluding hydrogens is 779 g/mol. The second kappa shape index (κ2) is 13.9. The molecular formula is C47H54F2N6O4Si. The number of hydrogen-bond donors (Lipinski definition) is 1. The highest BCUT2D eigenvalue weighted by molar-refractivity contribution is 6.90. The first kappa shape index (κ1) is 39.3. The predicted molar refractivity (Wildman–Crippen MR) is 231 cm³/mol. The number of ether oxygens (including phenoxy) is 2. The number of aromatic nitrogens is 3. The Labute approximate surface area is 351 Å². The highest BCUT2D eigenvalue weighted by atomic mass is 28.3. The lowest BCUT2D eigenvalue weighted by Gasteiger charge is -2.47. The average Bonchev–Trinajstić information content (AvgIpc) is 3.67. The number of benzene rings is 2. The number of pyridine rings is 1. The van der Waals surface area contributed by atoms with E-state index in [9.17, 15) is 9.90 Å². The van der Waals surface area contributed by atoms with Gasteiger partial charge in [0.05, 0.1) is 29.2 Å². The maximum absolute atomic E-state index is 17.9. The van der Waals surface area contributed by atoms with Gasteiger partial charge >= 0.3 is 12.1 Å². The van der Waals surface area contributed by atoms with Gasteiger partial charge in [-0.3, -0.25) is 9.80 Å². The van der Waals surface area contributed by atoms with Gasteiger partial charge in [0.25, 0.3) is 0 Å². The van der Waals surface area contributed by atoms with E-state index < -0.39 is 37.9 Å². The Morgan fingerprint density at radius 3 is 2.55 bits per heavy atom. The van der Waals surface area contributed by atoms with Crippen molar-refractivity contribution in [3.8, 4) is 34.6 Å². The third-order valence-corrected chi connectivity index (χ3v) is 21.7. The van der Waals surface area contributed by atoms with Crippen molar-refractivity contribution in [1.29, 1.82) is 0 Å². The minimum atomic E-state index is -2.28. The van der Waals surface area contributed by atoms with E-state index >= 15 is 8.78 Å². The van der Waals surface area contributed by atoms with E-state index in [-0.39, 0.29) is 46.3 Å². The smallest absolute Gasteiger partial charge is 0.407 e. The molecule has 2 aromatic carbocycles. The number of piperidine rings is 1. The summed E-state index contributed by atoms with van der Waals surface area (Å²) in [6, 6.07) is 8.10. The molecule has 0 spiro atoms. The maximum Gasteiger partial charge on any atom is 0.407 e. The Hall–Kier alpha value is -4.80. The van der Waals surface area contributed by atoms with Crippen molar-refractivity contribution >= 4 is 41.7 Å². The summed E-state index contributed by atoms with van der Waals surface area (Å²) in [6.45, 7) is 21.3. The largest absolute Gasteiger partial charge is 0.472 e. The fourth-order valence-corrected chi connectivity index (χ4v) is 17.8. The van der Waals surface area contributed by atoms with Crippen LogP contribution >= 0.6 is 0 Å². The summed E-state index contributed by atoms with van der Waals surface area (Å²) >= 11 is 0. The van der Waals surface area contributed by atoms with Crippen LogP contribution in [0.5, 0.6) is 11.9 Å². The molecule has 2 aromatic heterocycles. The summed E-state index contributed by atoms with van der Waals surface area (Å²) in [5.74, 6) is 3.35. The zero-order valence-corrected chi connectivity index (χ0v) is 36.6. The number of carboxylic acid groups (broad SMARTS) is 1. The van der Waals surface area contributed by atoms with E-state index in [1.54, 1.807) is 17.0 Å². The Kier molecular flexibility index (Phi) is 9.09. The number of carbonyl (C=O) groups is 1. The van der Waals surface area contributed by atoms with Gasteiger partial charge in [-0.05, 0) is 73.0 Å². The SMILES string of the molecule is C=C1CCN2C3CC3CC12COc1nc2c3c(nc(-c4cccc5ccc(F)c(C#C[Si](C(C)C)(C(C)C)C(C)C)c45)c(F)c3n1)OC(C)C1C3CCC(CN21)N3C(=O)O. The highest BCUT2D eigenvalue weighted by Crippen LogP contribution is 2.58. The number of nitrogens with zero attached hydrogens (tertiary/aromatic N) is 6. The molecule has 1 saturated carbocycles. The van der Waals surface area contributed by atoms with E-state index in [1.165, 1.54) is 12.5 Å². The van der Waals surface area contributed by atoms with Crippen LogP contribution in [0, 0.1) is 29.0 Å². The molecule has 4 saturated heterocycles. The molecule has 60 heavy (non-hydrogen) atoms. The van der Waals surface area contributed by atoms with Gasteiger partial charge in [-0.25, -0.2) is 18.6 Å². The van der Waals surface area contributed by atoms with E-state index in [0.717, 1.165) is 25.0 Å². The molecule has 10 nitrogen and oxygen atoms in total. The van der Waals surface area contributed by atoms with E-state index in [1.807, 2.05) is 19.1 Å². The van der Waals surface area contributed by atoms with Crippen LogP contribution in [0.4, 0.5) is 19.4 Å². The zero-order chi connectivity index (χ0) is 42.2. The second-order valence-corrected chi connectivity index (χ2v) is 24.8. The lowest BCUT2D eigenvalue weighted by Crippen LogP contribution is -2.64. The Morgan fingerprint density at radius 1 is 1.05 bits per heavy atom. The van der Waals surface area contributed by atoms with Crippen LogP contribution in [0.1, 0.15) is 86.1 Å². The molecule has 7 heterocycles. The minimum Gasteiger partial charge on any atom is -0.472 e. The summed E-state index contributed by atoms with van der Waals surface area (Å²) in [5, 5.41) is 11.8. The number of anilines is 1. The normalized spacial score (nSPS) is 27.9. The van der Waals surface area contributed by atoms with Crippen LogP contribution < -0.4 is 14.4 Å². The van der Waals surface area contributed by atoms with Gasteiger partial charge in [-0.15, -0.1) is 5.54 Å². The number of amides is 1. The quantitative estimate of drug-likeness (QED) is 0.111. The molecule has 2 bridgehead atoms. The molecule has 10 rings (SSSR count). The first-order valence-electron chi connectivity index (χ1n) is 21.8. The van der Waals surface area contributed by atoms with Crippen LogP contribution in [-0.4, -0.2) is 99.5 Å². The first-order valence-corrected chi connectivity index (χ1v) is 24.1. The van der Waals surface area contributed by atoms with Gasteiger partial charge in [0.15, 0.2) is 5.82 Å². The van der Waals surface area contributed by atoms with Crippen LogP contribution in [0.3, 0.4) is 0 Å². The fraction of sp³-hybridized carbons (Fsp3) is 0.532. The van der Waals surface area contributed by atoms with Gasteiger partial charge in [0.1, 0.15) is 49.0 Å². The second-order valence-electron chi connectivity index (χ2n) is 19.2. The summed E-state index contributed by atoms with van der Waals surface area (Å²) in [7, 11) is -2.28. The molecule has 1 amide bonds. The number of hydrogen-bond acceptors (Lipinski definition) is 8. The monoisotopic (exact) mass is 832 g/mol. The van der Waals surface area contributed by atoms with Crippen LogP contribution in [-0.2, 0) is 0 Å². The Bertz CT molecular complexity index is 2530. The summed E-state index contributed by atoms with van der Waals surface area (Å²) in [6.07, 6.45) is 2.91. The average molecular weight is 833 g/mol. The molecule has 1 N–H and O–H groups in total. The molecule has 6 aliphatic rings. The van der Waals surface area contributed by atoms with E-state index in [4.69, 9.17) is 24.4 Å². The van der Waals surface area contributed by atoms with Crippen LogP contribution in [0.2, 0.25) is 16.6 Å². The number of piperazine rings is 1. The topological polar surface area (TPSA) is 104 Å². The van der Waals surface area contributed by atoms with Crippen molar-refractivity contribution in [2.45, 2.75) is 133 Å². The molecule has 13 heteroatoms. The number of halogens is 2. The minimum absolute atomic E-state index is 0.0170. The third-order valence-electron chi connectivity index (χ3n) is 15.4. The Balaban J connectivity index is 1.17. The Morgan fingerprint density at radius 2 is 1.82 bits per heavy atom. The predicted octanol–water partition coefficient (Wildman–Crippen LogP) is 9.34. The standard InChI is InChI=1S/C47H54F2N6O4Si/c1-24(2)60(25(3)4,26(5)6)19-17-32-34(48)14-12-29-10-9-11-33(37(29)32)40-39(49)41-38-43(52-45(51-41)58-23-47-21-30-20-36(30)54(47)18-16-27(47)7)53-22-31-13-15-35(55(31)46(56)57)42(53)28(8)59-44(38)50-40/h9-12,14,24-26,28,30-31,35-36,42H,7,13,15-16,18,20-23H2,1-6,8H3,(H,56,57). The molecule has 7 unspecified atom stereocenters. The fourth-order valence-electron chi connectivity index (χ4n) is 12.6. The van der Waals surface area contributed by atoms with E-state index in [2.05, 4.69) is 69.4 Å². The highest BCUT2D eigenvalue weighted by Gasteiger charge is 2.63. The lowest BCUT2D eigenvalue weighted by molar-refractivity contribution is 0.0706. The van der Waals surface area contributed by atoms with Gasteiger partial charge < -0.3 is 19.5 Å². The van der Waals surface area contributed by atoms with Gasteiger partial charge in [0, 0.05) is 30.1 Å². The third kappa shape index (κ3) is 5.58. The molecule has 4 aromatic rings. The maximum atomic E-state index is 17.9. The van der Waals surface area contributed by atoms with Crippen molar-refractivity contribution in [1.82, 2.24) is 24.8 Å². The summed E-state index contributed by atoms with van der Waals surface area (Å²) in [5.41, 5.74) is 6.04. The zero-order valence-electron chi connectivity index (χ0n) is 35.6. The van der Waals surface area contributed by atoms with Crippen LogP contribution in [0.15, 0.2) is 42.5 Å². The van der Waals surface area contributed by atoms with Gasteiger partial charge in [-0.2, -0.15) is 9.97 Å². The van der Waals surface area contributed by atoms with Crippen LogP contribution in [0.25, 0.3) is 32.9 Å². The van der Waals surface area contributed by atoms with Crippen molar-refractivity contribution in [2.75, 3.05) is 24.6 Å². The molecule has 314 valence electrons. The van der Waals surface area contributed by atoms with E-state index in [0.29, 0.717) is 82.1 Å². The molecule has 1 aliphatic carbocycles. The van der Waals surface area contributed by atoms with Crippen molar-refractivity contribution in [3.63, 3.8) is 0 Å². The number of rotatable bonds is 7. The van der Waals surface area contributed by atoms with Crippen molar-refractivity contribution in [3.05, 3.63) is 59.7 Å². The molecule has 7 atom stereocenters. The van der Waals surface area contributed by atoms with Crippen molar-refractivity contribution < 1.29 is 28.2 Å². The summed E-state index contributed by atoms with van der Waals surface area (Å²) in [4.78, 5) is 33.6. The number of fused-ring (bicyclic) bond motifs is 9. The molecule has 0 radical (unpaired) electrons. The molecule has 5 fully saturated rings. The summed E-state index contributed by atoms with van der Waals surface area (Å²) < 4.78 is 47.5. The van der Waals surface area contributed by atoms with Gasteiger partial charge in [-0.1, -0.05) is 83.9 Å². The van der Waals surface area contributed by atoms with Gasteiger partial charge in [0.2, 0.25) is 5.88 Å². The lowest BCUT2D eigenvalue weighted by atomic mass is 9.89.